The summed E-state index contributed by atoms with van der Waals surface area (Å²) < 4.78 is 8.47. The summed E-state index contributed by atoms with van der Waals surface area (Å²) >= 11 is 6.23. The number of halogens is 1. The van der Waals surface area contributed by atoms with Crippen LogP contribution in [0.15, 0.2) is 47.0 Å². The van der Waals surface area contributed by atoms with Crippen molar-refractivity contribution in [2.45, 2.75) is 6.54 Å². The Morgan fingerprint density at radius 3 is 2.88 bits per heavy atom. The molecule has 1 N–H and O–H groups in total. The molecule has 0 bridgehead atoms. The van der Waals surface area contributed by atoms with Crippen LogP contribution in [0.5, 0.6) is 0 Å². The van der Waals surface area contributed by atoms with E-state index in [1.54, 1.807) is 40.4 Å². The minimum Gasteiger partial charge on any atom is -0.356 e. The number of para-hydroxylation sites is 2. The van der Waals surface area contributed by atoms with Crippen molar-refractivity contribution in [2.24, 2.45) is 7.05 Å². The summed E-state index contributed by atoms with van der Waals surface area (Å²) in [6, 6.07) is 12.6. The van der Waals surface area contributed by atoms with Gasteiger partial charge in [0, 0.05) is 7.05 Å². The second kappa shape index (κ2) is 5.35. The van der Waals surface area contributed by atoms with Crippen molar-refractivity contribution < 1.29 is 9.32 Å². The van der Waals surface area contributed by atoms with Crippen molar-refractivity contribution >= 4 is 39.4 Å². The minimum absolute atomic E-state index is 0.00690. The molecule has 0 saturated carbocycles. The number of carbonyl (C=O) groups excluding carboxylic acids is 1. The molecule has 0 fully saturated rings. The van der Waals surface area contributed by atoms with E-state index in [0.29, 0.717) is 16.0 Å². The van der Waals surface area contributed by atoms with E-state index in [9.17, 15) is 4.79 Å². The Bertz CT molecular complexity index is 1150. The van der Waals surface area contributed by atoms with E-state index in [1.165, 1.54) is 0 Å². The number of imidazole rings is 1. The molecule has 0 saturated heterocycles. The van der Waals surface area contributed by atoms with Crippen LogP contribution >= 0.6 is 11.6 Å². The van der Waals surface area contributed by atoms with Gasteiger partial charge >= 0.3 is 0 Å². The molecule has 0 unspecified atom stereocenters. The van der Waals surface area contributed by atoms with Crippen LogP contribution in [0, 0.1) is 5.41 Å². The second-order valence-electron chi connectivity index (χ2n) is 5.53. The largest absolute Gasteiger partial charge is 0.356 e. The van der Waals surface area contributed by atoms with Gasteiger partial charge in [0.15, 0.2) is 11.3 Å². The highest BCUT2D eigenvalue weighted by Crippen LogP contribution is 2.23. The van der Waals surface area contributed by atoms with Gasteiger partial charge in [0.25, 0.3) is 0 Å². The lowest BCUT2D eigenvalue weighted by atomic mass is 10.1. The van der Waals surface area contributed by atoms with Gasteiger partial charge in [-0.25, -0.2) is 0 Å². The summed E-state index contributed by atoms with van der Waals surface area (Å²) in [7, 11) is 1.75. The zero-order valence-electron chi connectivity index (χ0n) is 12.8. The van der Waals surface area contributed by atoms with Crippen molar-refractivity contribution in [3.05, 3.63) is 58.8 Å². The zero-order valence-corrected chi connectivity index (χ0v) is 13.5. The molecule has 0 aliphatic heterocycles. The van der Waals surface area contributed by atoms with Gasteiger partial charge in [-0.3, -0.25) is 10.2 Å². The molecule has 0 amide bonds. The van der Waals surface area contributed by atoms with Crippen LogP contribution < -0.4 is 5.62 Å². The highest BCUT2D eigenvalue weighted by Gasteiger charge is 2.19. The molecule has 24 heavy (non-hydrogen) atoms. The van der Waals surface area contributed by atoms with Crippen LogP contribution in [0.25, 0.3) is 22.0 Å². The number of aryl methyl sites for hydroxylation is 1. The molecule has 0 atom stereocenters. The fourth-order valence-corrected chi connectivity index (χ4v) is 3.22. The lowest BCUT2D eigenvalue weighted by molar-refractivity contribution is 0.0964. The van der Waals surface area contributed by atoms with Gasteiger partial charge in [-0.2, -0.15) is 0 Å². The van der Waals surface area contributed by atoms with Crippen molar-refractivity contribution in [1.29, 1.82) is 5.41 Å². The van der Waals surface area contributed by atoms with E-state index >= 15 is 0 Å². The van der Waals surface area contributed by atoms with Crippen molar-refractivity contribution in [3.63, 3.8) is 0 Å². The topological polar surface area (TPSA) is 76.8 Å². The smallest absolute Gasteiger partial charge is 0.205 e. The van der Waals surface area contributed by atoms with Gasteiger partial charge in [-0.15, -0.1) is 0 Å². The highest BCUT2D eigenvalue weighted by atomic mass is 35.5. The Hall–Kier alpha value is -2.86. The molecule has 120 valence electrons. The number of nitrogens with zero attached hydrogens (tertiary/aromatic N) is 3. The van der Waals surface area contributed by atoms with E-state index in [1.807, 2.05) is 18.2 Å². The Morgan fingerprint density at radius 1 is 1.25 bits per heavy atom. The van der Waals surface area contributed by atoms with Crippen LogP contribution in [0.1, 0.15) is 10.5 Å². The van der Waals surface area contributed by atoms with Gasteiger partial charge < -0.3 is 13.7 Å². The Labute approximate surface area is 141 Å². The first kappa shape index (κ1) is 14.7. The molecule has 2 aromatic carbocycles. The van der Waals surface area contributed by atoms with Crippen molar-refractivity contribution in [2.75, 3.05) is 0 Å². The minimum atomic E-state index is -0.217. The third-order valence-corrected chi connectivity index (χ3v) is 4.41. The molecule has 0 aliphatic carbocycles. The van der Waals surface area contributed by atoms with Crippen LogP contribution in [-0.2, 0) is 13.6 Å². The number of carbonyl (C=O) groups is 1. The quantitative estimate of drug-likeness (QED) is 0.582. The number of Topliss-reactive ketones (excluding diaryl/α,β-unsaturated/α-hetero) is 1. The summed E-state index contributed by atoms with van der Waals surface area (Å²) in [5, 5.41) is 13.4. The average molecular weight is 341 g/mol. The number of benzene rings is 2. The van der Waals surface area contributed by atoms with E-state index in [2.05, 4.69) is 5.16 Å². The number of hydrogen-bond donors (Lipinski definition) is 1. The first-order valence-electron chi connectivity index (χ1n) is 7.34. The van der Waals surface area contributed by atoms with Crippen LogP contribution in [0.2, 0.25) is 5.02 Å². The molecule has 0 spiro atoms. The summed E-state index contributed by atoms with van der Waals surface area (Å²) in [5.41, 5.74) is 2.49. The van der Waals surface area contributed by atoms with Gasteiger partial charge in [0.05, 0.1) is 28.0 Å². The third kappa shape index (κ3) is 2.07. The lowest BCUT2D eigenvalue weighted by Crippen LogP contribution is -2.26. The van der Waals surface area contributed by atoms with Crippen molar-refractivity contribution in [1.82, 2.24) is 14.3 Å². The van der Waals surface area contributed by atoms with E-state index < -0.39 is 0 Å². The van der Waals surface area contributed by atoms with Gasteiger partial charge in [0.1, 0.15) is 0 Å². The van der Waals surface area contributed by atoms with Gasteiger partial charge in [-0.1, -0.05) is 35.0 Å². The molecule has 4 rings (SSSR count). The van der Waals surface area contributed by atoms with E-state index in [4.69, 9.17) is 21.5 Å². The predicted molar refractivity (Wildman–Crippen MR) is 90.1 cm³/mol. The maximum Gasteiger partial charge on any atom is 0.205 e. The predicted octanol–water partition coefficient (Wildman–Crippen LogP) is 3.14. The molecule has 4 aromatic rings. The summed E-state index contributed by atoms with van der Waals surface area (Å²) in [4.78, 5) is 12.7. The first-order chi connectivity index (χ1) is 11.6. The number of fused-ring (bicyclic) bond motifs is 2. The third-order valence-electron chi connectivity index (χ3n) is 4.11. The molecule has 6 nitrogen and oxygen atoms in total. The fourth-order valence-electron chi connectivity index (χ4n) is 2.92. The van der Waals surface area contributed by atoms with Gasteiger partial charge in [-0.05, 0) is 24.3 Å². The fraction of sp³-hybridized carbons (Fsp3) is 0.118. The summed E-state index contributed by atoms with van der Waals surface area (Å²) in [6.07, 6.45) is 0. The van der Waals surface area contributed by atoms with Crippen LogP contribution in [0.4, 0.5) is 0 Å². The molecular formula is C17H13ClN4O2. The standard InChI is InChI=1S/C17H13ClN4O2/c1-21-16-11(18)6-4-7-12(16)22(17(21)19)9-13(23)15-10-5-2-3-8-14(10)24-20-15/h2-8,19H,9H2,1H3. The molecule has 0 aliphatic rings. The summed E-state index contributed by atoms with van der Waals surface area (Å²) in [6.45, 7) is -0.00690. The number of rotatable bonds is 3. The first-order valence-corrected chi connectivity index (χ1v) is 7.71. The molecule has 2 heterocycles. The van der Waals surface area contributed by atoms with Crippen LogP contribution in [-0.4, -0.2) is 20.1 Å². The second-order valence-corrected chi connectivity index (χ2v) is 5.93. The Morgan fingerprint density at radius 2 is 2.04 bits per heavy atom. The Balaban J connectivity index is 1.83. The number of hydrogen-bond acceptors (Lipinski definition) is 4. The maximum absolute atomic E-state index is 12.7. The molecule has 2 aromatic heterocycles. The monoisotopic (exact) mass is 340 g/mol. The summed E-state index contributed by atoms with van der Waals surface area (Å²) in [5.74, 6) is -0.217. The molecule has 0 radical (unpaired) electrons. The van der Waals surface area contributed by atoms with E-state index in [-0.39, 0.29) is 23.6 Å². The average Bonchev–Trinajstić information content (AvgIpc) is 3.11. The number of aromatic nitrogens is 3. The Kier molecular flexibility index (Phi) is 3.28. The maximum atomic E-state index is 12.7. The highest BCUT2D eigenvalue weighted by molar-refractivity contribution is 6.35. The van der Waals surface area contributed by atoms with Crippen LogP contribution in [0.3, 0.4) is 0 Å². The normalized spacial score (nSPS) is 11.4. The zero-order chi connectivity index (χ0) is 16.8. The lowest BCUT2D eigenvalue weighted by Gasteiger charge is -2.02. The molecule has 7 heteroatoms. The SMILES string of the molecule is Cn1c(=N)n(CC(=O)c2noc3ccccc23)c2cccc(Cl)c21. The van der Waals surface area contributed by atoms with Gasteiger partial charge in [0.2, 0.25) is 11.4 Å². The number of ketones is 1. The van der Waals surface area contributed by atoms with E-state index in [0.717, 1.165) is 11.0 Å². The molecular weight excluding hydrogens is 328 g/mol. The number of nitrogens with one attached hydrogen (secondary N) is 1. The van der Waals surface area contributed by atoms with Crippen molar-refractivity contribution in [3.8, 4) is 0 Å².